The monoisotopic (exact) mass is 249 g/mol. The minimum atomic E-state index is 0.00314. The zero-order valence-corrected chi connectivity index (χ0v) is 10.7. The van der Waals surface area contributed by atoms with Gasteiger partial charge in [0.25, 0.3) is 0 Å². The first-order valence-electron chi connectivity index (χ1n) is 5.85. The Hall–Kier alpha value is -1.24. The third-order valence-electron chi connectivity index (χ3n) is 3.24. The molecule has 0 saturated carbocycles. The highest BCUT2D eigenvalue weighted by molar-refractivity contribution is 6.33. The molecular weight excluding hydrogens is 234 g/mol. The van der Waals surface area contributed by atoms with Crippen LogP contribution < -0.4 is 4.90 Å². The number of hydrogen-bond donors (Lipinski definition) is 0. The molecular formula is C13H16ClN3. The predicted octanol–water partition coefficient (Wildman–Crippen LogP) is 2.37. The van der Waals surface area contributed by atoms with E-state index in [1.807, 2.05) is 31.2 Å². The third-order valence-corrected chi connectivity index (χ3v) is 3.56. The van der Waals surface area contributed by atoms with Crippen molar-refractivity contribution in [3.63, 3.8) is 0 Å². The molecule has 0 unspecified atom stereocenters. The molecule has 0 N–H and O–H groups in total. The van der Waals surface area contributed by atoms with Gasteiger partial charge < -0.3 is 4.90 Å². The van der Waals surface area contributed by atoms with Crippen LogP contribution in [0.5, 0.6) is 0 Å². The van der Waals surface area contributed by atoms with Crippen molar-refractivity contribution >= 4 is 17.3 Å². The second-order valence-electron chi connectivity index (χ2n) is 4.28. The van der Waals surface area contributed by atoms with Crippen molar-refractivity contribution < 1.29 is 0 Å². The Morgan fingerprint density at radius 2 is 1.88 bits per heavy atom. The zero-order chi connectivity index (χ0) is 12.3. The molecule has 3 nitrogen and oxygen atoms in total. The van der Waals surface area contributed by atoms with Gasteiger partial charge in [0.1, 0.15) is 0 Å². The average molecular weight is 250 g/mol. The van der Waals surface area contributed by atoms with Crippen LogP contribution in [0.15, 0.2) is 24.3 Å². The molecule has 0 radical (unpaired) electrons. The Bertz CT molecular complexity index is 419. The average Bonchev–Trinajstić information content (AvgIpc) is 2.39. The van der Waals surface area contributed by atoms with Gasteiger partial charge in [0.2, 0.25) is 0 Å². The molecule has 0 spiro atoms. The van der Waals surface area contributed by atoms with E-state index in [1.54, 1.807) is 0 Å². The lowest BCUT2D eigenvalue weighted by atomic mass is 10.2. The van der Waals surface area contributed by atoms with Gasteiger partial charge in [0.15, 0.2) is 0 Å². The van der Waals surface area contributed by atoms with Crippen LogP contribution in [0.25, 0.3) is 0 Å². The number of piperazine rings is 1. The third kappa shape index (κ3) is 2.71. The van der Waals surface area contributed by atoms with Gasteiger partial charge in [-0.2, -0.15) is 5.26 Å². The van der Waals surface area contributed by atoms with Crippen LogP contribution in [-0.2, 0) is 0 Å². The Labute approximate surface area is 107 Å². The second kappa shape index (κ2) is 5.39. The number of para-hydroxylation sites is 1. The molecule has 1 fully saturated rings. The molecule has 1 atom stereocenters. The molecule has 1 aromatic carbocycles. The highest BCUT2D eigenvalue weighted by Gasteiger charge is 2.21. The number of nitriles is 1. The van der Waals surface area contributed by atoms with E-state index in [2.05, 4.69) is 15.9 Å². The maximum Gasteiger partial charge on any atom is 0.0950 e. The summed E-state index contributed by atoms with van der Waals surface area (Å²) in [5.41, 5.74) is 1.10. The van der Waals surface area contributed by atoms with Gasteiger partial charge in [0, 0.05) is 26.2 Å². The number of benzene rings is 1. The highest BCUT2D eigenvalue weighted by Crippen LogP contribution is 2.26. The fourth-order valence-corrected chi connectivity index (χ4v) is 2.40. The lowest BCUT2D eigenvalue weighted by molar-refractivity contribution is 0.232. The Morgan fingerprint density at radius 3 is 2.47 bits per heavy atom. The van der Waals surface area contributed by atoms with E-state index >= 15 is 0 Å². The van der Waals surface area contributed by atoms with Crippen molar-refractivity contribution in [2.75, 3.05) is 31.1 Å². The first-order chi connectivity index (χ1) is 8.22. The SMILES string of the molecule is C[C@H](C#N)N1CCN(c2ccccc2Cl)CC1. The van der Waals surface area contributed by atoms with Crippen molar-refractivity contribution in [1.82, 2.24) is 4.90 Å². The molecule has 0 bridgehead atoms. The summed E-state index contributed by atoms with van der Waals surface area (Å²) < 4.78 is 0. The quantitative estimate of drug-likeness (QED) is 0.806. The molecule has 1 aromatic rings. The fourth-order valence-electron chi connectivity index (χ4n) is 2.14. The summed E-state index contributed by atoms with van der Waals surface area (Å²) in [7, 11) is 0. The summed E-state index contributed by atoms with van der Waals surface area (Å²) in [6.07, 6.45) is 0. The number of anilines is 1. The second-order valence-corrected chi connectivity index (χ2v) is 4.69. The summed E-state index contributed by atoms with van der Waals surface area (Å²) >= 11 is 6.18. The Balaban J connectivity index is 2.01. The van der Waals surface area contributed by atoms with E-state index in [9.17, 15) is 0 Å². The van der Waals surface area contributed by atoms with E-state index in [0.717, 1.165) is 36.9 Å². The summed E-state index contributed by atoms with van der Waals surface area (Å²) in [6, 6.07) is 10.2. The van der Waals surface area contributed by atoms with Crippen molar-refractivity contribution in [2.24, 2.45) is 0 Å². The number of hydrogen-bond acceptors (Lipinski definition) is 3. The van der Waals surface area contributed by atoms with E-state index in [0.29, 0.717) is 0 Å². The van der Waals surface area contributed by atoms with E-state index < -0.39 is 0 Å². The van der Waals surface area contributed by atoms with Crippen molar-refractivity contribution in [2.45, 2.75) is 13.0 Å². The largest absolute Gasteiger partial charge is 0.368 e. The Kier molecular flexibility index (Phi) is 3.88. The Morgan fingerprint density at radius 1 is 1.24 bits per heavy atom. The lowest BCUT2D eigenvalue weighted by Gasteiger charge is -2.37. The van der Waals surface area contributed by atoms with Gasteiger partial charge in [-0.25, -0.2) is 0 Å². The van der Waals surface area contributed by atoms with Gasteiger partial charge in [-0.15, -0.1) is 0 Å². The summed E-state index contributed by atoms with van der Waals surface area (Å²) in [5, 5.41) is 9.69. The lowest BCUT2D eigenvalue weighted by Crippen LogP contribution is -2.49. The first kappa shape index (κ1) is 12.2. The smallest absolute Gasteiger partial charge is 0.0950 e. The van der Waals surface area contributed by atoms with Crippen molar-refractivity contribution in [1.29, 1.82) is 5.26 Å². The first-order valence-corrected chi connectivity index (χ1v) is 6.23. The minimum absolute atomic E-state index is 0.00314. The van der Waals surface area contributed by atoms with Crippen molar-refractivity contribution in [3.8, 4) is 6.07 Å². The predicted molar refractivity (Wildman–Crippen MR) is 70.3 cm³/mol. The molecule has 0 aliphatic carbocycles. The highest BCUT2D eigenvalue weighted by atomic mass is 35.5. The minimum Gasteiger partial charge on any atom is -0.368 e. The van der Waals surface area contributed by atoms with Crippen molar-refractivity contribution in [3.05, 3.63) is 29.3 Å². The van der Waals surface area contributed by atoms with E-state index in [1.165, 1.54) is 0 Å². The molecule has 17 heavy (non-hydrogen) atoms. The normalized spacial score (nSPS) is 18.8. The molecule has 1 aliphatic heterocycles. The standard InChI is InChI=1S/C13H16ClN3/c1-11(10-15)16-6-8-17(9-7-16)13-5-3-2-4-12(13)14/h2-5,11H,6-9H2,1H3/t11-/m1/s1. The van der Waals surface area contributed by atoms with Crippen LogP contribution in [0.1, 0.15) is 6.92 Å². The van der Waals surface area contributed by atoms with E-state index in [-0.39, 0.29) is 6.04 Å². The van der Waals surface area contributed by atoms with Crippen LogP contribution >= 0.6 is 11.6 Å². The molecule has 4 heteroatoms. The molecule has 90 valence electrons. The molecule has 0 amide bonds. The summed E-state index contributed by atoms with van der Waals surface area (Å²) in [5.74, 6) is 0. The van der Waals surface area contributed by atoms with Gasteiger partial charge >= 0.3 is 0 Å². The fraction of sp³-hybridized carbons (Fsp3) is 0.462. The molecule has 2 rings (SSSR count). The van der Waals surface area contributed by atoms with Gasteiger partial charge in [0.05, 0.1) is 22.8 Å². The topological polar surface area (TPSA) is 30.3 Å². The van der Waals surface area contributed by atoms with Crippen LogP contribution in [0, 0.1) is 11.3 Å². The molecule has 1 heterocycles. The van der Waals surface area contributed by atoms with Gasteiger partial charge in [-0.3, -0.25) is 4.90 Å². The number of rotatable bonds is 2. The maximum absolute atomic E-state index is 8.89. The number of halogens is 1. The van der Waals surface area contributed by atoms with Crippen LogP contribution in [0.4, 0.5) is 5.69 Å². The van der Waals surface area contributed by atoms with Gasteiger partial charge in [-0.1, -0.05) is 23.7 Å². The molecule has 1 aliphatic rings. The van der Waals surface area contributed by atoms with Crippen LogP contribution in [-0.4, -0.2) is 37.1 Å². The van der Waals surface area contributed by atoms with Crippen LogP contribution in [0.3, 0.4) is 0 Å². The van der Waals surface area contributed by atoms with Gasteiger partial charge in [-0.05, 0) is 19.1 Å². The number of nitrogens with zero attached hydrogens (tertiary/aromatic N) is 3. The molecule has 0 aromatic heterocycles. The zero-order valence-electron chi connectivity index (χ0n) is 9.93. The molecule has 1 saturated heterocycles. The maximum atomic E-state index is 8.89. The summed E-state index contributed by atoms with van der Waals surface area (Å²) in [4.78, 5) is 4.48. The van der Waals surface area contributed by atoms with E-state index in [4.69, 9.17) is 16.9 Å². The van der Waals surface area contributed by atoms with Crippen LogP contribution in [0.2, 0.25) is 5.02 Å². The summed E-state index contributed by atoms with van der Waals surface area (Å²) in [6.45, 7) is 5.64.